The second-order valence-electron chi connectivity index (χ2n) is 4.48. The summed E-state index contributed by atoms with van der Waals surface area (Å²) in [7, 11) is 0. The van der Waals surface area contributed by atoms with Crippen molar-refractivity contribution in [2.24, 2.45) is 0 Å². The Morgan fingerprint density at radius 1 is 1.50 bits per heavy atom. The molecule has 20 heavy (non-hydrogen) atoms. The number of benzene rings is 1. The molecule has 1 heterocycles. The third-order valence-electron chi connectivity index (χ3n) is 3.09. The first-order chi connectivity index (χ1) is 9.63. The molecule has 0 spiro atoms. The standard InChI is InChI=1S/C14H17ClN2O2S/c1-2-16-12(18)7-8-17-13(19)9-20-14(17)10-5-3-4-6-11(10)15/h3-6,14H,2,7-9H2,1H3,(H,16,18)/t14-/m0/s1. The van der Waals surface area contributed by atoms with Gasteiger partial charge in [-0.15, -0.1) is 11.8 Å². The lowest BCUT2D eigenvalue weighted by atomic mass is 10.2. The molecule has 1 aliphatic rings. The molecule has 1 saturated heterocycles. The van der Waals surface area contributed by atoms with Gasteiger partial charge >= 0.3 is 0 Å². The fourth-order valence-corrected chi connectivity index (χ4v) is 3.69. The number of carbonyl (C=O) groups is 2. The van der Waals surface area contributed by atoms with Gasteiger partial charge in [-0.3, -0.25) is 9.59 Å². The molecule has 6 heteroatoms. The van der Waals surface area contributed by atoms with Crippen LogP contribution in [0.25, 0.3) is 0 Å². The fourth-order valence-electron chi connectivity index (χ4n) is 2.14. The molecule has 1 fully saturated rings. The minimum absolute atomic E-state index is 0.0323. The number of carbonyl (C=O) groups excluding carboxylic acids is 2. The number of nitrogens with zero attached hydrogens (tertiary/aromatic N) is 1. The van der Waals surface area contributed by atoms with Crippen LogP contribution in [-0.2, 0) is 9.59 Å². The van der Waals surface area contributed by atoms with Crippen molar-refractivity contribution in [1.29, 1.82) is 0 Å². The molecule has 2 rings (SSSR count). The Hall–Kier alpha value is -1.20. The monoisotopic (exact) mass is 312 g/mol. The average Bonchev–Trinajstić information content (AvgIpc) is 2.78. The van der Waals surface area contributed by atoms with Crippen LogP contribution in [-0.4, -0.2) is 35.6 Å². The molecular weight excluding hydrogens is 296 g/mol. The maximum atomic E-state index is 12.0. The predicted molar refractivity (Wildman–Crippen MR) is 81.7 cm³/mol. The molecular formula is C14H17ClN2O2S. The van der Waals surface area contributed by atoms with Crippen LogP contribution in [0.3, 0.4) is 0 Å². The van der Waals surface area contributed by atoms with Crippen LogP contribution in [0.2, 0.25) is 5.02 Å². The van der Waals surface area contributed by atoms with Gasteiger partial charge in [0, 0.05) is 30.1 Å². The number of nitrogens with one attached hydrogen (secondary N) is 1. The minimum Gasteiger partial charge on any atom is -0.356 e. The highest BCUT2D eigenvalue weighted by Crippen LogP contribution is 2.41. The molecule has 1 aromatic carbocycles. The Bertz CT molecular complexity index is 510. The Morgan fingerprint density at radius 2 is 2.25 bits per heavy atom. The first-order valence-corrected chi connectivity index (χ1v) is 7.98. The summed E-state index contributed by atoms with van der Waals surface area (Å²) in [6.45, 7) is 2.91. The number of thioether (sulfide) groups is 1. The molecule has 108 valence electrons. The third-order valence-corrected chi connectivity index (χ3v) is 4.68. The molecule has 1 aromatic rings. The second kappa shape index (κ2) is 6.99. The van der Waals surface area contributed by atoms with E-state index < -0.39 is 0 Å². The molecule has 0 aromatic heterocycles. The second-order valence-corrected chi connectivity index (χ2v) is 5.95. The van der Waals surface area contributed by atoms with E-state index >= 15 is 0 Å². The zero-order valence-corrected chi connectivity index (χ0v) is 12.8. The maximum Gasteiger partial charge on any atom is 0.233 e. The van der Waals surface area contributed by atoms with Gasteiger partial charge in [-0.1, -0.05) is 29.8 Å². The number of hydrogen-bond donors (Lipinski definition) is 1. The number of hydrogen-bond acceptors (Lipinski definition) is 3. The Kier molecular flexibility index (Phi) is 5.31. The van der Waals surface area contributed by atoms with Crippen molar-refractivity contribution in [1.82, 2.24) is 10.2 Å². The van der Waals surface area contributed by atoms with Gasteiger partial charge in [0.25, 0.3) is 0 Å². The van der Waals surface area contributed by atoms with Gasteiger partial charge in [0.1, 0.15) is 5.37 Å². The SMILES string of the molecule is CCNC(=O)CCN1C(=O)CS[C@H]1c1ccccc1Cl. The molecule has 4 nitrogen and oxygen atoms in total. The molecule has 0 bridgehead atoms. The van der Waals surface area contributed by atoms with E-state index in [1.54, 1.807) is 16.7 Å². The Labute approximate surface area is 127 Å². The fraction of sp³-hybridized carbons (Fsp3) is 0.429. The first-order valence-electron chi connectivity index (χ1n) is 6.55. The summed E-state index contributed by atoms with van der Waals surface area (Å²) in [4.78, 5) is 25.2. The molecule has 0 radical (unpaired) electrons. The quantitative estimate of drug-likeness (QED) is 0.908. The van der Waals surface area contributed by atoms with Gasteiger partial charge in [0.15, 0.2) is 0 Å². The van der Waals surface area contributed by atoms with Crippen LogP contribution in [0, 0.1) is 0 Å². The van der Waals surface area contributed by atoms with Gasteiger partial charge in [0.05, 0.1) is 5.75 Å². The molecule has 1 aliphatic heterocycles. The number of halogens is 1. The highest BCUT2D eigenvalue weighted by molar-refractivity contribution is 8.00. The normalized spacial score (nSPS) is 18.4. The minimum atomic E-state index is -0.0920. The van der Waals surface area contributed by atoms with Crippen molar-refractivity contribution in [2.75, 3.05) is 18.8 Å². The van der Waals surface area contributed by atoms with Crippen LogP contribution in [0.5, 0.6) is 0 Å². The highest BCUT2D eigenvalue weighted by Gasteiger charge is 2.33. The summed E-state index contributed by atoms with van der Waals surface area (Å²) in [6, 6.07) is 7.53. The summed E-state index contributed by atoms with van der Waals surface area (Å²) < 4.78 is 0. The van der Waals surface area contributed by atoms with E-state index in [1.807, 2.05) is 31.2 Å². The van der Waals surface area contributed by atoms with Crippen molar-refractivity contribution in [3.63, 3.8) is 0 Å². The topological polar surface area (TPSA) is 49.4 Å². The van der Waals surface area contributed by atoms with Crippen LogP contribution < -0.4 is 5.32 Å². The average molecular weight is 313 g/mol. The van der Waals surface area contributed by atoms with E-state index in [0.717, 1.165) is 5.56 Å². The van der Waals surface area contributed by atoms with Crippen molar-refractivity contribution in [2.45, 2.75) is 18.7 Å². The van der Waals surface area contributed by atoms with E-state index in [4.69, 9.17) is 11.6 Å². The van der Waals surface area contributed by atoms with Crippen LogP contribution >= 0.6 is 23.4 Å². The lowest BCUT2D eigenvalue weighted by Crippen LogP contribution is -2.33. The van der Waals surface area contributed by atoms with E-state index in [-0.39, 0.29) is 17.2 Å². The van der Waals surface area contributed by atoms with Gasteiger partial charge in [-0.2, -0.15) is 0 Å². The van der Waals surface area contributed by atoms with Crippen molar-refractivity contribution < 1.29 is 9.59 Å². The molecule has 0 aliphatic carbocycles. The summed E-state index contributed by atoms with van der Waals surface area (Å²) >= 11 is 7.75. The molecule has 0 saturated carbocycles. The Balaban J connectivity index is 2.07. The highest BCUT2D eigenvalue weighted by atomic mass is 35.5. The van der Waals surface area contributed by atoms with E-state index in [1.165, 1.54) is 0 Å². The summed E-state index contributed by atoms with van der Waals surface area (Å²) in [6.07, 6.45) is 0.321. The van der Waals surface area contributed by atoms with Crippen molar-refractivity contribution in [3.8, 4) is 0 Å². The molecule has 1 N–H and O–H groups in total. The first kappa shape index (κ1) is 15.2. The molecule has 0 unspecified atom stereocenters. The van der Waals surface area contributed by atoms with E-state index in [2.05, 4.69) is 5.32 Å². The van der Waals surface area contributed by atoms with Gasteiger partial charge in [-0.25, -0.2) is 0 Å². The third kappa shape index (κ3) is 3.46. The van der Waals surface area contributed by atoms with Gasteiger partial charge < -0.3 is 10.2 Å². The maximum absolute atomic E-state index is 12.0. The largest absolute Gasteiger partial charge is 0.356 e. The van der Waals surface area contributed by atoms with E-state index in [9.17, 15) is 9.59 Å². The Morgan fingerprint density at radius 3 is 2.95 bits per heavy atom. The summed E-state index contributed by atoms with van der Waals surface area (Å²) in [5.41, 5.74) is 0.931. The van der Waals surface area contributed by atoms with Gasteiger partial charge in [0.2, 0.25) is 11.8 Å². The summed E-state index contributed by atoms with van der Waals surface area (Å²) in [5.74, 6) is 0.463. The van der Waals surface area contributed by atoms with Crippen molar-refractivity contribution >= 4 is 35.2 Å². The zero-order valence-electron chi connectivity index (χ0n) is 11.3. The van der Waals surface area contributed by atoms with Crippen LogP contribution in [0.1, 0.15) is 24.3 Å². The number of amides is 2. The summed E-state index contributed by atoms with van der Waals surface area (Å²) in [5, 5.41) is 3.30. The molecule has 2 amide bonds. The lowest BCUT2D eigenvalue weighted by molar-refractivity contribution is -0.129. The van der Waals surface area contributed by atoms with Gasteiger partial charge in [-0.05, 0) is 13.0 Å². The van der Waals surface area contributed by atoms with Crippen LogP contribution in [0.15, 0.2) is 24.3 Å². The zero-order chi connectivity index (χ0) is 14.5. The smallest absolute Gasteiger partial charge is 0.233 e. The predicted octanol–water partition coefficient (Wildman–Crippen LogP) is 2.44. The lowest BCUT2D eigenvalue weighted by Gasteiger charge is -2.24. The van der Waals surface area contributed by atoms with Crippen molar-refractivity contribution in [3.05, 3.63) is 34.9 Å². The van der Waals surface area contributed by atoms with E-state index in [0.29, 0.717) is 30.3 Å². The van der Waals surface area contributed by atoms with Crippen LogP contribution in [0.4, 0.5) is 0 Å². The number of rotatable bonds is 5. The molecule has 1 atom stereocenters.